The van der Waals surface area contributed by atoms with Crippen molar-refractivity contribution in [2.24, 2.45) is 0 Å². The van der Waals surface area contributed by atoms with Crippen LogP contribution in [0.4, 0.5) is 5.82 Å². The molecule has 0 aliphatic rings. The van der Waals surface area contributed by atoms with Crippen molar-refractivity contribution in [2.75, 3.05) is 5.32 Å². The maximum absolute atomic E-state index is 12.3. The van der Waals surface area contributed by atoms with E-state index in [0.29, 0.717) is 11.4 Å². The fourth-order valence-corrected chi connectivity index (χ4v) is 2.66. The van der Waals surface area contributed by atoms with Crippen LogP contribution in [-0.2, 0) is 0 Å². The van der Waals surface area contributed by atoms with Crippen LogP contribution in [0.3, 0.4) is 0 Å². The zero-order chi connectivity index (χ0) is 17.8. The first kappa shape index (κ1) is 15.8. The number of amides is 1. The largest absolute Gasteiger partial charge is 0.338 e. The topological polar surface area (TPSA) is 70.7 Å². The first-order valence-electron chi connectivity index (χ1n) is 8.23. The van der Waals surface area contributed by atoms with Gasteiger partial charge >= 0.3 is 0 Å². The summed E-state index contributed by atoms with van der Waals surface area (Å²) in [7, 11) is 0. The van der Waals surface area contributed by atoms with Crippen molar-refractivity contribution < 1.29 is 4.79 Å². The van der Waals surface area contributed by atoms with E-state index in [1.54, 1.807) is 30.6 Å². The summed E-state index contributed by atoms with van der Waals surface area (Å²) in [5.74, 6) is 1.01. The van der Waals surface area contributed by atoms with Gasteiger partial charge in [0, 0.05) is 17.3 Å². The quantitative estimate of drug-likeness (QED) is 0.579. The summed E-state index contributed by atoms with van der Waals surface area (Å²) in [6, 6.07) is 22.7. The second-order valence-electron chi connectivity index (χ2n) is 5.76. The van der Waals surface area contributed by atoms with E-state index in [9.17, 15) is 4.79 Å². The first-order chi connectivity index (χ1) is 12.8. The number of aromatic nitrogens is 3. The number of hydrogen-bond acceptors (Lipinski definition) is 3. The van der Waals surface area contributed by atoms with Gasteiger partial charge in [-0.2, -0.15) is 0 Å². The van der Waals surface area contributed by atoms with E-state index >= 15 is 0 Å². The van der Waals surface area contributed by atoms with Gasteiger partial charge in [0.15, 0.2) is 0 Å². The Bertz CT molecular complexity index is 1030. The van der Waals surface area contributed by atoms with Crippen molar-refractivity contribution in [1.29, 1.82) is 0 Å². The molecule has 2 N–H and O–H groups in total. The number of anilines is 1. The van der Waals surface area contributed by atoms with E-state index in [2.05, 4.69) is 20.3 Å². The number of H-pyrrole nitrogens is 1. The van der Waals surface area contributed by atoms with Gasteiger partial charge in [0.2, 0.25) is 0 Å². The molecule has 0 saturated carbocycles. The molecule has 0 radical (unpaired) electrons. The molecule has 0 unspecified atom stereocenters. The lowest BCUT2D eigenvalue weighted by molar-refractivity contribution is 0.102. The molecular weight excluding hydrogens is 324 g/mol. The van der Waals surface area contributed by atoms with Crippen LogP contribution in [0.2, 0.25) is 0 Å². The van der Waals surface area contributed by atoms with Crippen molar-refractivity contribution >= 4 is 11.7 Å². The highest BCUT2D eigenvalue weighted by Gasteiger charge is 2.09. The number of nitrogens with one attached hydrogen (secondary N) is 2. The van der Waals surface area contributed by atoms with Crippen LogP contribution in [0.15, 0.2) is 85.2 Å². The first-order valence-corrected chi connectivity index (χ1v) is 8.23. The van der Waals surface area contributed by atoms with Crippen molar-refractivity contribution in [3.8, 4) is 22.6 Å². The molecule has 4 rings (SSSR count). The molecule has 2 aromatic heterocycles. The Labute approximate surface area is 150 Å². The molecule has 4 aromatic rings. The molecular formula is C21H16N4O. The Balaban J connectivity index is 1.57. The highest BCUT2D eigenvalue weighted by atomic mass is 16.1. The number of pyridine rings is 1. The van der Waals surface area contributed by atoms with Gasteiger partial charge in [0.25, 0.3) is 5.91 Å². The van der Waals surface area contributed by atoms with Crippen LogP contribution in [0.5, 0.6) is 0 Å². The lowest BCUT2D eigenvalue weighted by Crippen LogP contribution is -2.12. The minimum Gasteiger partial charge on any atom is -0.338 e. The number of nitrogens with zero attached hydrogens (tertiary/aromatic N) is 2. The molecule has 0 aliphatic heterocycles. The molecule has 0 bridgehead atoms. The SMILES string of the molecule is O=C(Nc1cc(-c2ncc(-c3ccccc3)[nH]2)ccn1)c1ccccc1. The summed E-state index contributed by atoms with van der Waals surface area (Å²) >= 11 is 0. The standard InChI is InChI=1S/C21H16N4O/c26-21(16-9-5-2-6-10-16)25-19-13-17(11-12-22-19)20-23-14-18(24-20)15-7-3-1-4-8-15/h1-14H,(H,23,24)(H,22,25,26). The summed E-state index contributed by atoms with van der Waals surface area (Å²) in [6.45, 7) is 0. The summed E-state index contributed by atoms with van der Waals surface area (Å²) in [4.78, 5) is 24.2. The molecule has 5 heteroatoms. The van der Waals surface area contributed by atoms with E-state index in [-0.39, 0.29) is 5.91 Å². The molecule has 126 valence electrons. The summed E-state index contributed by atoms with van der Waals surface area (Å²) < 4.78 is 0. The number of carbonyl (C=O) groups is 1. The molecule has 2 aromatic carbocycles. The van der Waals surface area contributed by atoms with E-state index in [0.717, 1.165) is 22.6 Å². The molecule has 26 heavy (non-hydrogen) atoms. The van der Waals surface area contributed by atoms with Crippen molar-refractivity contribution in [3.05, 3.63) is 90.8 Å². The van der Waals surface area contributed by atoms with E-state index in [1.165, 1.54) is 0 Å². The third kappa shape index (κ3) is 3.37. The Morgan fingerprint density at radius 2 is 1.58 bits per heavy atom. The Kier molecular flexibility index (Phi) is 4.26. The molecule has 2 heterocycles. The molecule has 1 amide bonds. The van der Waals surface area contributed by atoms with Crippen LogP contribution in [0.25, 0.3) is 22.6 Å². The molecule has 0 saturated heterocycles. The van der Waals surface area contributed by atoms with Crippen LogP contribution < -0.4 is 5.32 Å². The monoisotopic (exact) mass is 340 g/mol. The predicted octanol–water partition coefficient (Wildman–Crippen LogP) is 4.39. The van der Waals surface area contributed by atoms with Crippen LogP contribution >= 0.6 is 0 Å². The van der Waals surface area contributed by atoms with Gasteiger partial charge < -0.3 is 10.3 Å². The molecule has 5 nitrogen and oxygen atoms in total. The Morgan fingerprint density at radius 3 is 2.35 bits per heavy atom. The van der Waals surface area contributed by atoms with Crippen LogP contribution in [-0.4, -0.2) is 20.9 Å². The maximum atomic E-state index is 12.3. The summed E-state index contributed by atoms with van der Waals surface area (Å²) in [6.07, 6.45) is 3.45. The van der Waals surface area contributed by atoms with Gasteiger partial charge in [0.1, 0.15) is 11.6 Å². The number of hydrogen-bond donors (Lipinski definition) is 2. The highest BCUT2D eigenvalue weighted by Crippen LogP contribution is 2.23. The average Bonchev–Trinajstić information content (AvgIpc) is 3.20. The fraction of sp³-hybridized carbons (Fsp3) is 0. The van der Waals surface area contributed by atoms with E-state index in [1.807, 2.05) is 54.6 Å². The number of rotatable bonds is 4. The van der Waals surface area contributed by atoms with E-state index < -0.39 is 0 Å². The van der Waals surface area contributed by atoms with Gasteiger partial charge in [-0.15, -0.1) is 0 Å². The van der Waals surface area contributed by atoms with Crippen molar-refractivity contribution in [1.82, 2.24) is 15.0 Å². The average molecular weight is 340 g/mol. The predicted molar refractivity (Wildman–Crippen MR) is 102 cm³/mol. The lowest BCUT2D eigenvalue weighted by atomic mass is 10.2. The Morgan fingerprint density at radius 1 is 0.846 bits per heavy atom. The third-order valence-corrected chi connectivity index (χ3v) is 3.97. The van der Waals surface area contributed by atoms with Gasteiger partial charge in [-0.05, 0) is 29.8 Å². The maximum Gasteiger partial charge on any atom is 0.256 e. The Hall–Kier alpha value is -3.73. The van der Waals surface area contributed by atoms with Crippen LogP contribution in [0, 0.1) is 0 Å². The second-order valence-corrected chi connectivity index (χ2v) is 5.76. The third-order valence-electron chi connectivity index (χ3n) is 3.97. The number of imidazole rings is 1. The number of carbonyl (C=O) groups excluding carboxylic acids is 1. The van der Waals surface area contributed by atoms with Gasteiger partial charge in [-0.3, -0.25) is 4.79 Å². The van der Waals surface area contributed by atoms with Gasteiger partial charge in [0.05, 0.1) is 11.9 Å². The molecule has 0 atom stereocenters. The van der Waals surface area contributed by atoms with Crippen molar-refractivity contribution in [2.45, 2.75) is 0 Å². The smallest absolute Gasteiger partial charge is 0.256 e. The van der Waals surface area contributed by atoms with Gasteiger partial charge in [-0.25, -0.2) is 9.97 Å². The van der Waals surface area contributed by atoms with Gasteiger partial charge in [-0.1, -0.05) is 48.5 Å². The van der Waals surface area contributed by atoms with E-state index in [4.69, 9.17) is 0 Å². The number of benzene rings is 2. The minimum atomic E-state index is -0.195. The fourth-order valence-electron chi connectivity index (χ4n) is 2.66. The van der Waals surface area contributed by atoms with Crippen LogP contribution in [0.1, 0.15) is 10.4 Å². The molecule has 0 fully saturated rings. The zero-order valence-corrected chi connectivity index (χ0v) is 13.9. The lowest BCUT2D eigenvalue weighted by Gasteiger charge is -2.05. The molecule has 0 aliphatic carbocycles. The zero-order valence-electron chi connectivity index (χ0n) is 13.9. The minimum absolute atomic E-state index is 0.195. The number of aromatic amines is 1. The summed E-state index contributed by atoms with van der Waals surface area (Å²) in [5.41, 5.74) is 3.44. The summed E-state index contributed by atoms with van der Waals surface area (Å²) in [5, 5.41) is 2.82. The normalized spacial score (nSPS) is 10.5. The second kappa shape index (κ2) is 7.03. The van der Waals surface area contributed by atoms with Crippen molar-refractivity contribution in [3.63, 3.8) is 0 Å². The highest BCUT2D eigenvalue weighted by molar-refractivity contribution is 6.03. The molecule has 0 spiro atoms.